The Morgan fingerprint density at radius 1 is 1.27 bits per heavy atom. The number of hydrogen-bond donors (Lipinski definition) is 3. The van der Waals surface area contributed by atoms with E-state index >= 15 is 0 Å². The van der Waals surface area contributed by atoms with Crippen molar-refractivity contribution in [3.63, 3.8) is 0 Å². The van der Waals surface area contributed by atoms with Crippen molar-refractivity contribution in [1.82, 2.24) is 5.32 Å². The predicted molar refractivity (Wildman–Crippen MR) is 80.7 cm³/mol. The molecule has 1 aromatic rings. The molecular weight excluding hydrogens is 287 g/mol. The number of carbonyl (C=O) groups excluding carboxylic acids is 2. The molecule has 0 heterocycles. The molecule has 1 aliphatic carbocycles. The van der Waals surface area contributed by atoms with E-state index in [4.69, 9.17) is 0 Å². The van der Waals surface area contributed by atoms with Gasteiger partial charge in [-0.25, -0.2) is 4.39 Å². The lowest BCUT2D eigenvalue weighted by Gasteiger charge is -2.30. The molecule has 2 amide bonds. The normalized spacial score (nSPS) is 21.2. The summed E-state index contributed by atoms with van der Waals surface area (Å²) in [6, 6.07) is 4.09. The van der Waals surface area contributed by atoms with Gasteiger partial charge in [-0.1, -0.05) is 18.9 Å². The van der Waals surface area contributed by atoms with Crippen LogP contribution in [0.2, 0.25) is 0 Å². The largest absolute Gasteiger partial charge is 0.396 e. The third-order valence-corrected chi connectivity index (χ3v) is 4.04. The fourth-order valence-corrected chi connectivity index (χ4v) is 2.76. The summed E-state index contributed by atoms with van der Waals surface area (Å²) in [5.74, 6) is -2.31. The first-order valence-electron chi connectivity index (χ1n) is 7.50. The topological polar surface area (TPSA) is 78.4 Å². The molecule has 1 fully saturated rings. The quantitative estimate of drug-likeness (QED) is 0.744. The Kier molecular flexibility index (Phi) is 5.49. The van der Waals surface area contributed by atoms with E-state index in [9.17, 15) is 19.1 Å². The number of amides is 2. The number of aliphatic hydroxyl groups excluding tert-OH is 1. The number of anilines is 1. The second-order valence-corrected chi connectivity index (χ2v) is 5.74. The lowest BCUT2D eigenvalue weighted by molar-refractivity contribution is -0.137. The molecule has 2 atom stereocenters. The average Bonchev–Trinajstić information content (AvgIpc) is 2.51. The van der Waals surface area contributed by atoms with Crippen molar-refractivity contribution in [1.29, 1.82) is 0 Å². The average molecular weight is 308 g/mol. The van der Waals surface area contributed by atoms with E-state index in [-0.39, 0.29) is 24.3 Å². The van der Waals surface area contributed by atoms with Gasteiger partial charge in [0, 0.05) is 18.6 Å². The van der Waals surface area contributed by atoms with Crippen LogP contribution in [-0.4, -0.2) is 29.6 Å². The van der Waals surface area contributed by atoms with Crippen LogP contribution in [0.3, 0.4) is 0 Å². The van der Waals surface area contributed by atoms with Gasteiger partial charge in [-0.3, -0.25) is 9.59 Å². The Bertz CT molecular complexity index is 562. The zero-order valence-corrected chi connectivity index (χ0v) is 12.6. The van der Waals surface area contributed by atoms with Gasteiger partial charge in [-0.2, -0.15) is 0 Å². The molecule has 1 aromatic carbocycles. The van der Waals surface area contributed by atoms with E-state index < -0.39 is 17.6 Å². The number of hydrogen-bond acceptors (Lipinski definition) is 3. The zero-order chi connectivity index (χ0) is 16.1. The molecule has 0 radical (unpaired) electrons. The lowest BCUT2D eigenvalue weighted by atomic mass is 9.85. The van der Waals surface area contributed by atoms with Crippen LogP contribution >= 0.6 is 0 Å². The van der Waals surface area contributed by atoms with Crippen LogP contribution in [0.5, 0.6) is 0 Å². The first-order valence-corrected chi connectivity index (χ1v) is 7.50. The maximum Gasteiger partial charge on any atom is 0.313 e. The van der Waals surface area contributed by atoms with Crippen LogP contribution in [0, 0.1) is 18.7 Å². The molecule has 5 nitrogen and oxygen atoms in total. The summed E-state index contributed by atoms with van der Waals surface area (Å²) in [5, 5.41) is 14.2. The van der Waals surface area contributed by atoms with E-state index in [1.54, 1.807) is 13.0 Å². The summed E-state index contributed by atoms with van der Waals surface area (Å²) < 4.78 is 13.6. The minimum absolute atomic E-state index is 0.0116. The number of benzene rings is 1. The molecule has 0 spiro atoms. The standard InChI is InChI=1S/C16H21FN2O3/c1-10-6-7-12(17)14(8-10)19-16(22)15(21)18-13-5-3-2-4-11(13)9-20/h6-8,11,13,20H,2-5,9H2,1H3,(H,18,21)(H,19,22). The van der Waals surface area contributed by atoms with Gasteiger partial charge in [0.2, 0.25) is 0 Å². The summed E-state index contributed by atoms with van der Waals surface area (Å²) in [6.07, 6.45) is 3.53. The SMILES string of the molecule is Cc1ccc(F)c(NC(=O)C(=O)NC2CCCCC2CO)c1. The Hall–Kier alpha value is -1.95. The minimum atomic E-state index is -0.897. The lowest BCUT2D eigenvalue weighted by Crippen LogP contribution is -2.47. The van der Waals surface area contributed by atoms with Gasteiger partial charge in [0.05, 0.1) is 5.69 Å². The molecule has 0 aromatic heterocycles. The Morgan fingerprint density at radius 3 is 2.73 bits per heavy atom. The van der Waals surface area contributed by atoms with Gasteiger partial charge in [0.25, 0.3) is 0 Å². The van der Waals surface area contributed by atoms with Crippen molar-refractivity contribution in [2.24, 2.45) is 5.92 Å². The van der Waals surface area contributed by atoms with Crippen molar-refractivity contribution >= 4 is 17.5 Å². The van der Waals surface area contributed by atoms with E-state index in [1.165, 1.54) is 12.1 Å². The van der Waals surface area contributed by atoms with Crippen molar-refractivity contribution in [2.75, 3.05) is 11.9 Å². The van der Waals surface area contributed by atoms with Gasteiger partial charge >= 0.3 is 11.8 Å². The monoisotopic (exact) mass is 308 g/mol. The van der Waals surface area contributed by atoms with Crippen LogP contribution in [0.1, 0.15) is 31.2 Å². The first-order chi connectivity index (χ1) is 10.5. The number of halogens is 1. The van der Waals surface area contributed by atoms with Crippen molar-refractivity contribution in [3.05, 3.63) is 29.6 Å². The van der Waals surface area contributed by atoms with Gasteiger partial charge < -0.3 is 15.7 Å². The third kappa shape index (κ3) is 4.04. The molecule has 1 saturated carbocycles. The van der Waals surface area contributed by atoms with Crippen molar-refractivity contribution in [2.45, 2.75) is 38.6 Å². The van der Waals surface area contributed by atoms with Crippen molar-refractivity contribution in [3.8, 4) is 0 Å². The molecular formula is C16H21FN2O3. The highest BCUT2D eigenvalue weighted by Crippen LogP contribution is 2.24. The highest BCUT2D eigenvalue weighted by molar-refractivity contribution is 6.39. The summed E-state index contributed by atoms with van der Waals surface area (Å²) in [7, 11) is 0. The second kappa shape index (κ2) is 7.35. The number of carbonyl (C=O) groups is 2. The fourth-order valence-electron chi connectivity index (χ4n) is 2.76. The highest BCUT2D eigenvalue weighted by Gasteiger charge is 2.28. The Balaban J connectivity index is 1.97. The molecule has 2 rings (SSSR count). The van der Waals surface area contributed by atoms with Crippen LogP contribution in [0.25, 0.3) is 0 Å². The fraction of sp³-hybridized carbons (Fsp3) is 0.500. The van der Waals surface area contributed by atoms with Gasteiger partial charge in [-0.05, 0) is 37.5 Å². The van der Waals surface area contributed by atoms with Crippen molar-refractivity contribution < 1.29 is 19.1 Å². The minimum Gasteiger partial charge on any atom is -0.396 e. The number of aliphatic hydroxyl groups is 1. The number of rotatable bonds is 3. The van der Waals surface area contributed by atoms with E-state index in [0.717, 1.165) is 31.2 Å². The van der Waals surface area contributed by atoms with Gasteiger partial charge in [0.1, 0.15) is 5.82 Å². The number of aryl methyl sites for hydroxylation is 1. The molecule has 22 heavy (non-hydrogen) atoms. The van der Waals surface area contributed by atoms with Gasteiger partial charge in [-0.15, -0.1) is 0 Å². The second-order valence-electron chi connectivity index (χ2n) is 5.74. The van der Waals surface area contributed by atoms with E-state index in [1.807, 2.05) is 0 Å². The molecule has 0 aliphatic heterocycles. The van der Waals surface area contributed by atoms with E-state index in [0.29, 0.717) is 0 Å². The van der Waals surface area contributed by atoms with E-state index in [2.05, 4.69) is 10.6 Å². The van der Waals surface area contributed by atoms with Crippen LogP contribution < -0.4 is 10.6 Å². The summed E-state index contributed by atoms with van der Waals surface area (Å²) in [5.41, 5.74) is 0.771. The molecule has 6 heteroatoms. The molecule has 0 bridgehead atoms. The Morgan fingerprint density at radius 2 is 2.00 bits per heavy atom. The summed E-state index contributed by atoms with van der Waals surface area (Å²) in [4.78, 5) is 23.8. The maximum atomic E-state index is 13.6. The maximum absolute atomic E-state index is 13.6. The zero-order valence-electron chi connectivity index (χ0n) is 12.6. The molecule has 120 valence electrons. The van der Waals surface area contributed by atoms with Crippen LogP contribution in [-0.2, 0) is 9.59 Å². The van der Waals surface area contributed by atoms with Gasteiger partial charge in [0.15, 0.2) is 0 Å². The van der Waals surface area contributed by atoms with Crippen LogP contribution in [0.15, 0.2) is 18.2 Å². The summed E-state index contributed by atoms with van der Waals surface area (Å²) in [6.45, 7) is 1.75. The van der Waals surface area contributed by atoms with Crippen LogP contribution in [0.4, 0.5) is 10.1 Å². The highest BCUT2D eigenvalue weighted by atomic mass is 19.1. The molecule has 0 saturated heterocycles. The Labute approximate surface area is 128 Å². The predicted octanol–water partition coefficient (Wildman–Crippen LogP) is 1.74. The molecule has 2 unspecified atom stereocenters. The first kappa shape index (κ1) is 16.4. The molecule has 1 aliphatic rings. The summed E-state index contributed by atoms with van der Waals surface area (Å²) >= 11 is 0. The molecule has 3 N–H and O–H groups in total. The number of nitrogens with one attached hydrogen (secondary N) is 2. The smallest absolute Gasteiger partial charge is 0.313 e. The third-order valence-electron chi connectivity index (χ3n) is 4.04.